The van der Waals surface area contributed by atoms with Crippen molar-refractivity contribution < 1.29 is 19.0 Å². The Morgan fingerprint density at radius 1 is 1.14 bits per heavy atom. The highest BCUT2D eigenvalue weighted by molar-refractivity contribution is 5.89. The van der Waals surface area contributed by atoms with E-state index in [4.69, 9.17) is 9.47 Å². The van der Waals surface area contributed by atoms with E-state index in [1.807, 2.05) is 30.3 Å². The third kappa shape index (κ3) is 2.91. The Balaban J connectivity index is 1.63. The van der Waals surface area contributed by atoms with Gasteiger partial charge >= 0.3 is 5.97 Å². The Hall–Kier alpha value is -2.69. The zero-order valence-electron chi connectivity index (χ0n) is 11.6. The predicted molar refractivity (Wildman–Crippen MR) is 77.7 cm³/mol. The second kappa shape index (κ2) is 5.75. The highest BCUT2D eigenvalue weighted by Gasteiger charge is 2.13. The van der Waals surface area contributed by atoms with Gasteiger partial charge in [-0.15, -0.1) is 0 Å². The fourth-order valence-corrected chi connectivity index (χ4v) is 2.09. The third-order valence-electron chi connectivity index (χ3n) is 3.24. The number of carbonyl (C=O) groups excluding carboxylic acids is 1. The first-order valence-corrected chi connectivity index (χ1v) is 6.57. The lowest BCUT2D eigenvalue weighted by Crippen LogP contribution is -2.03. The summed E-state index contributed by atoms with van der Waals surface area (Å²) >= 11 is 0. The Kier molecular flexibility index (Phi) is 3.64. The average molecular weight is 285 g/mol. The molecule has 2 aromatic rings. The summed E-state index contributed by atoms with van der Waals surface area (Å²) in [7, 11) is 1.37. The molecule has 0 aliphatic carbocycles. The number of fused-ring (bicyclic) bond motifs is 1. The summed E-state index contributed by atoms with van der Waals surface area (Å²) in [4.78, 5) is 11.3. The summed E-state index contributed by atoms with van der Waals surface area (Å²) in [5.41, 5.74) is 2.57. The molecule has 5 heteroatoms. The molecule has 0 spiro atoms. The van der Waals surface area contributed by atoms with Gasteiger partial charge in [-0.2, -0.15) is 0 Å². The van der Waals surface area contributed by atoms with Crippen molar-refractivity contribution in [2.45, 2.75) is 6.54 Å². The molecule has 5 nitrogen and oxygen atoms in total. The molecule has 1 heterocycles. The zero-order valence-corrected chi connectivity index (χ0v) is 11.6. The monoisotopic (exact) mass is 285 g/mol. The standard InChI is InChI=1S/C16H15NO4/c1-19-16(18)12-4-2-11(3-5-12)9-17-13-6-7-14-15(8-13)21-10-20-14/h2-8,17H,9-10H2,1H3. The number of esters is 1. The molecule has 0 amide bonds. The van der Waals surface area contributed by atoms with E-state index in [0.717, 1.165) is 22.7 Å². The van der Waals surface area contributed by atoms with Gasteiger partial charge in [0.05, 0.1) is 12.7 Å². The topological polar surface area (TPSA) is 56.8 Å². The van der Waals surface area contributed by atoms with Gasteiger partial charge in [0.25, 0.3) is 0 Å². The van der Waals surface area contributed by atoms with Gasteiger partial charge in [-0.25, -0.2) is 4.79 Å². The maximum atomic E-state index is 11.3. The van der Waals surface area contributed by atoms with Gasteiger partial charge in [0.2, 0.25) is 6.79 Å². The Bertz CT molecular complexity index is 652. The number of rotatable bonds is 4. The van der Waals surface area contributed by atoms with Crippen LogP contribution in [0.3, 0.4) is 0 Å². The number of ether oxygens (including phenoxy) is 3. The molecular formula is C16H15NO4. The van der Waals surface area contributed by atoms with E-state index >= 15 is 0 Å². The van der Waals surface area contributed by atoms with Crippen LogP contribution in [-0.4, -0.2) is 19.9 Å². The van der Waals surface area contributed by atoms with Gasteiger partial charge in [0.1, 0.15) is 0 Å². The molecule has 1 aliphatic rings. The molecule has 0 saturated carbocycles. The summed E-state index contributed by atoms with van der Waals surface area (Å²) in [5, 5.41) is 3.30. The lowest BCUT2D eigenvalue weighted by atomic mass is 10.1. The molecule has 108 valence electrons. The van der Waals surface area contributed by atoms with Crippen LogP contribution < -0.4 is 14.8 Å². The Morgan fingerprint density at radius 3 is 2.67 bits per heavy atom. The van der Waals surface area contributed by atoms with Gasteiger partial charge in [-0.3, -0.25) is 0 Å². The summed E-state index contributed by atoms with van der Waals surface area (Å²) in [6, 6.07) is 13.0. The molecule has 0 fully saturated rings. The SMILES string of the molecule is COC(=O)c1ccc(CNc2ccc3c(c2)OCO3)cc1. The first-order valence-electron chi connectivity index (χ1n) is 6.57. The van der Waals surface area contributed by atoms with Crippen LogP contribution in [0.15, 0.2) is 42.5 Å². The molecule has 3 rings (SSSR count). The van der Waals surface area contributed by atoms with Crippen LogP contribution in [-0.2, 0) is 11.3 Å². The van der Waals surface area contributed by atoms with E-state index < -0.39 is 0 Å². The average Bonchev–Trinajstić information content (AvgIpc) is 3.00. The lowest BCUT2D eigenvalue weighted by Gasteiger charge is -2.08. The van der Waals surface area contributed by atoms with E-state index in [9.17, 15) is 4.79 Å². The van der Waals surface area contributed by atoms with Gasteiger partial charge in [0, 0.05) is 18.3 Å². The summed E-state index contributed by atoms with van der Waals surface area (Å²) in [5.74, 6) is 1.19. The second-order valence-electron chi connectivity index (χ2n) is 4.61. The molecule has 0 unspecified atom stereocenters. The minimum absolute atomic E-state index is 0.272. The van der Waals surface area contributed by atoms with E-state index in [2.05, 4.69) is 10.1 Å². The van der Waals surface area contributed by atoms with Crippen molar-refractivity contribution in [3.05, 3.63) is 53.6 Å². The molecule has 0 bridgehead atoms. The quantitative estimate of drug-likeness (QED) is 0.875. The largest absolute Gasteiger partial charge is 0.465 e. The lowest BCUT2D eigenvalue weighted by molar-refractivity contribution is 0.0600. The Labute approximate surface area is 122 Å². The molecule has 0 aromatic heterocycles. The van der Waals surface area contributed by atoms with Gasteiger partial charge in [0.15, 0.2) is 11.5 Å². The van der Waals surface area contributed by atoms with E-state index in [-0.39, 0.29) is 12.8 Å². The summed E-state index contributed by atoms with van der Waals surface area (Å²) in [6.45, 7) is 0.925. The van der Waals surface area contributed by atoms with Gasteiger partial charge < -0.3 is 19.5 Å². The molecule has 0 saturated heterocycles. The van der Waals surface area contributed by atoms with Crippen molar-refractivity contribution in [1.82, 2.24) is 0 Å². The maximum Gasteiger partial charge on any atom is 0.337 e. The fraction of sp³-hybridized carbons (Fsp3) is 0.188. The minimum Gasteiger partial charge on any atom is -0.465 e. The number of nitrogens with one attached hydrogen (secondary N) is 1. The molecule has 2 aromatic carbocycles. The van der Waals surface area contributed by atoms with Crippen molar-refractivity contribution in [3.63, 3.8) is 0 Å². The first-order chi connectivity index (χ1) is 10.3. The zero-order chi connectivity index (χ0) is 14.7. The van der Waals surface area contributed by atoms with Crippen LogP contribution in [0.5, 0.6) is 11.5 Å². The van der Waals surface area contributed by atoms with Crippen LogP contribution in [0.4, 0.5) is 5.69 Å². The van der Waals surface area contributed by atoms with Crippen LogP contribution in [0, 0.1) is 0 Å². The molecule has 0 atom stereocenters. The van der Waals surface area contributed by atoms with Gasteiger partial charge in [-0.1, -0.05) is 12.1 Å². The van der Waals surface area contributed by atoms with E-state index in [0.29, 0.717) is 12.1 Å². The molecule has 21 heavy (non-hydrogen) atoms. The van der Waals surface area contributed by atoms with Crippen molar-refractivity contribution in [2.24, 2.45) is 0 Å². The van der Waals surface area contributed by atoms with E-state index in [1.165, 1.54) is 7.11 Å². The number of hydrogen-bond acceptors (Lipinski definition) is 5. The van der Waals surface area contributed by atoms with Crippen LogP contribution in [0.25, 0.3) is 0 Å². The number of carbonyl (C=O) groups is 1. The van der Waals surface area contributed by atoms with Crippen LogP contribution >= 0.6 is 0 Å². The normalized spacial score (nSPS) is 12.0. The highest BCUT2D eigenvalue weighted by atomic mass is 16.7. The van der Waals surface area contributed by atoms with Crippen molar-refractivity contribution >= 4 is 11.7 Å². The highest BCUT2D eigenvalue weighted by Crippen LogP contribution is 2.34. The number of anilines is 1. The molecule has 1 aliphatic heterocycles. The van der Waals surface area contributed by atoms with E-state index in [1.54, 1.807) is 12.1 Å². The first kappa shape index (κ1) is 13.3. The summed E-state index contributed by atoms with van der Waals surface area (Å²) < 4.78 is 15.3. The predicted octanol–water partition coefficient (Wildman–Crippen LogP) is 2.81. The van der Waals surface area contributed by atoms with Crippen molar-refractivity contribution in [2.75, 3.05) is 19.2 Å². The van der Waals surface area contributed by atoms with Crippen LogP contribution in [0.1, 0.15) is 15.9 Å². The smallest absolute Gasteiger partial charge is 0.337 e. The summed E-state index contributed by atoms with van der Waals surface area (Å²) in [6.07, 6.45) is 0. The number of benzene rings is 2. The third-order valence-corrected chi connectivity index (χ3v) is 3.24. The van der Waals surface area contributed by atoms with Crippen molar-refractivity contribution in [3.8, 4) is 11.5 Å². The molecule has 0 radical (unpaired) electrons. The molecular weight excluding hydrogens is 270 g/mol. The van der Waals surface area contributed by atoms with Crippen LogP contribution in [0.2, 0.25) is 0 Å². The maximum absolute atomic E-state index is 11.3. The second-order valence-corrected chi connectivity index (χ2v) is 4.61. The number of hydrogen-bond donors (Lipinski definition) is 1. The number of methoxy groups -OCH3 is 1. The molecule has 1 N–H and O–H groups in total. The van der Waals surface area contributed by atoms with Gasteiger partial charge in [-0.05, 0) is 29.8 Å². The fourth-order valence-electron chi connectivity index (χ4n) is 2.09. The van der Waals surface area contributed by atoms with Crippen molar-refractivity contribution in [1.29, 1.82) is 0 Å². The Morgan fingerprint density at radius 2 is 1.90 bits per heavy atom. The minimum atomic E-state index is -0.328.